The third kappa shape index (κ3) is 6.60. The first-order chi connectivity index (χ1) is 15.1. The van der Waals surface area contributed by atoms with Crippen molar-refractivity contribution in [2.45, 2.75) is 13.8 Å². The molecule has 3 aromatic carbocycles. The molecule has 0 aliphatic rings. The van der Waals surface area contributed by atoms with Crippen LogP contribution < -0.4 is 19.5 Å². The van der Waals surface area contributed by atoms with Gasteiger partial charge in [0.15, 0.2) is 18.1 Å². The first-order valence-electron chi connectivity index (χ1n) is 10.0. The summed E-state index contributed by atoms with van der Waals surface area (Å²) >= 11 is 0. The first kappa shape index (κ1) is 21.9. The van der Waals surface area contributed by atoms with Gasteiger partial charge in [-0.15, -0.1) is 0 Å². The van der Waals surface area contributed by atoms with Crippen molar-refractivity contribution >= 4 is 23.5 Å². The maximum Gasteiger partial charge on any atom is 0.262 e. The number of aryl methyl sites for hydroxylation is 1. The number of benzene rings is 3. The highest BCUT2D eigenvalue weighted by molar-refractivity contribution is 5.92. The Hall–Kier alpha value is -3.80. The fourth-order valence-electron chi connectivity index (χ4n) is 2.89. The van der Waals surface area contributed by atoms with E-state index in [1.165, 1.54) is 0 Å². The predicted molar refractivity (Wildman–Crippen MR) is 123 cm³/mol. The number of nitrogens with one attached hydrogen (secondary N) is 1. The van der Waals surface area contributed by atoms with Crippen molar-refractivity contribution in [3.05, 3.63) is 77.9 Å². The van der Waals surface area contributed by atoms with Gasteiger partial charge in [0.05, 0.1) is 19.4 Å². The van der Waals surface area contributed by atoms with Gasteiger partial charge in [-0.3, -0.25) is 9.79 Å². The van der Waals surface area contributed by atoms with Crippen LogP contribution in [-0.4, -0.2) is 32.4 Å². The Morgan fingerprint density at radius 1 is 1.00 bits per heavy atom. The molecule has 3 aromatic rings. The van der Waals surface area contributed by atoms with Crippen molar-refractivity contribution in [2.24, 2.45) is 4.99 Å². The van der Waals surface area contributed by atoms with Crippen LogP contribution in [0.4, 0.5) is 11.4 Å². The molecular weight excluding hydrogens is 392 g/mol. The zero-order valence-corrected chi connectivity index (χ0v) is 17.9. The number of amides is 1. The summed E-state index contributed by atoms with van der Waals surface area (Å²) in [5, 5.41) is 2.82. The van der Waals surface area contributed by atoms with Crippen molar-refractivity contribution in [3.8, 4) is 17.2 Å². The average molecular weight is 418 g/mol. The summed E-state index contributed by atoms with van der Waals surface area (Å²) in [5.74, 6) is 1.59. The number of ether oxygens (including phenoxy) is 3. The van der Waals surface area contributed by atoms with E-state index in [1.807, 2.05) is 74.5 Å². The monoisotopic (exact) mass is 418 g/mol. The maximum atomic E-state index is 12.2. The third-order valence-electron chi connectivity index (χ3n) is 4.36. The second kappa shape index (κ2) is 10.8. The molecule has 0 atom stereocenters. The van der Waals surface area contributed by atoms with Crippen molar-refractivity contribution in [3.63, 3.8) is 0 Å². The van der Waals surface area contributed by atoms with Gasteiger partial charge in [-0.05, 0) is 79.6 Å². The van der Waals surface area contributed by atoms with E-state index >= 15 is 0 Å². The zero-order chi connectivity index (χ0) is 22.1. The molecule has 0 spiro atoms. The SMILES string of the molecule is CCOc1ccc(N=Cc2ccc(OCC(=O)Nc3cccc(C)c3)c(OC)c2)cc1. The van der Waals surface area contributed by atoms with E-state index in [9.17, 15) is 4.79 Å². The number of nitrogens with zero attached hydrogens (tertiary/aromatic N) is 1. The van der Waals surface area contributed by atoms with Gasteiger partial charge in [0.2, 0.25) is 0 Å². The predicted octanol–water partition coefficient (Wildman–Crippen LogP) is 5.17. The Bertz CT molecular complexity index is 1050. The highest BCUT2D eigenvalue weighted by Crippen LogP contribution is 2.28. The van der Waals surface area contributed by atoms with Crippen LogP contribution in [-0.2, 0) is 4.79 Å². The second-order valence-corrected chi connectivity index (χ2v) is 6.80. The standard InChI is InChI=1S/C25H26N2O4/c1-4-30-22-11-9-20(10-12-22)26-16-19-8-13-23(24(15-19)29-3)31-17-25(28)27-21-7-5-6-18(2)14-21/h5-16H,4,17H2,1-3H3,(H,27,28). The number of hydrogen-bond acceptors (Lipinski definition) is 5. The molecule has 0 fully saturated rings. The molecule has 3 rings (SSSR count). The van der Waals surface area contributed by atoms with Crippen LogP contribution in [0, 0.1) is 6.92 Å². The molecule has 1 amide bonds. The molecule has 0 unspecified atom stereocenters. The van der Waals surface area contributed by atoms with Gasteiger partial charge in [-0.2, -0.15) is 0 Å². The van der Waals surface area contributed by atoms with Crippen molar-refractivity contribution < 1.29 is 19.0 Å². The molecule has 6 nitrogen and oxygen atoms in total. The molecule has 0 heterocycles. The Labute approximate surface area is 182 Å². The highest BCUT2D eigenvalue weighted by atomic mass is 16.5. The summed E-state index contributed by atoms with van der Waals surface area (Å²) in [6, 6.07) is 20.6. The lowest BCUT2D eigenvalue weighted by Gasteiger charge is -2.11. The van der Waals surface area contributed by atoms with Gasteiger partial charge in [-0.1, -0.05) is 12.1 Å². The average Bonchev–Trinajstić information content (AvgIpc) is 2.77. The zero-order valence-electron chi connectivity index (χ0n) is 17.9. The number of rotatable bonds is 9. The van der Waals surface area contributed by atoms with Crippen molar-refractivity contribution in [1.29, 1.82) is 0 Å². The van der Waals surface area contributed by atoms with Crippen LogP contribution in [0.5, 0.6) is 17.2 Å². The van der Waals surface area contributed by atoms with Crippen LogP contribution in [0.25, 0.3) is 0 Å². The number of hydrogen-bond donors (Lipinski definition) is 1. The minimum Gasteiger partial charge on any atom is -0.494 e. The van der Waals surface area contributed by atoms with Crippen LogP contribution in [0.2, 0.25) is 0 Å². The molecule has 6 heteroatoms. The molecule has 0 aliphatic heterocycles. The summed E-state index contributed by atoms with van der Waals surface area (Å²) in [4.78, 5) is 16.7. The second-order valence-electron chi connectivity index (χ2n) is 6.80. The molecule has 0 saturated heterocycles. The van der Waals surface area contributed by atoms with E-state index in [2.05, 4.69) is 10.3 Å². The molecular formula is C25H26N2O4. The largest absolute Gasteiger partial charge is 0.494 e. The number of aliphatic imine (C=N–C) groups is 1. The number of carbonyl (C=O) groups excluding carboxylic acids is 1. The normalized spacial score (nSPS) is 10.7. The van der Waals surface area contributed by atoms with Crippen LogP contribution in [0.3, 0.4) is 0 Å². The lowest BCUT2D eigenvalue weighted by Crippen LogP contribution is -2.20. The molecule has 0 saturated carbocycles. The van der Waals surface area contributed by atoms with E-state index in [1.54, 1.807) is 19.4 Å². The summed E-state index contributed by atoms with van der Waals surface area (Å²) in [6.07, 6.45) is 1.74. The lowest BCUT2D eigenvalue weighted by molar-refractivity contribution is -0.118. The smallest absolute Gasteiger partial charge is 0.262 e. The maximum absolute atomic E-state index is 12.2. The van der Waals surface area contributed by atoms with Gasteiger partial charge < -0.3 is 19.5 Å². The summed E-state index contributed by atoms with van der Waals surface area (Å²) < 4.78 is 16.5. The van der Waals surface area contributed by atoms with Crippen LogP contribution in [0.1, 0.15) is 18.1 Å². The first-order valence-corrected chi connectivity index (χ1v) is 10.0. The quantitative estimate of drug-likeness (QED) is 0.487. The molecule has 0 radical (unpaired) electrons. The summed E-state index contributed by atoms with van der Waals surface area (Å²) in [5.41, 5.74) is 3.47. The summed E-state index contributed by atoms with van der Waals surface area (Å²) in [6.45, 7) is 4.43. The topological polar surface area (TPSA) is 69.2 Å². The van der Waals surface area contributed by atoms with Crippen LogP contribution >= 0.6 is 0 Å². The Balaban J connectivity index is 1.60. The number of carbonyl (C=O) groups is 1. The molecule has 0 bridgehead atoms. The number of methoxy groups -OCH3 is 1. The lowest BCUT2D eigenvalue weighted by atomic mass is 10.2. The van der Waals surface area contributed by atoms with Gasteiger partial charge in [0, 0.05) is 11.9 Å². The van der Waals surface area contributed by atoms with E-state index in [0.29, 0.717) is 18.1 Å². The van der Waals surface area contributed by atoms with E-state index in [4.69, 9.17) is 14.2 Å². The van der Waals surface area contributed by atoms with E-state index in [-0.39, 0.29) is 12.5 Å². The Kier molecular flexibility index (Phi) is 7.65. The fraction of sp³-hybridized carbons (Fsp3) is 0.200. The minimum absolute atomic E-state index is 0.121. The van der Waals surface area contributed by atoms with Gasteiger partial charge in [-0.25, -0.2) is 0 Å². The van der Waals surface area contributed by atoms with Crippen molar-refractivity contribution in [2.75, 3.05) is 25.6 Å². The third-order valence-corrected chi connectivity index (χ3v) is 4.36. The van der Waals surface area contributed by atoms with Crippen molar-refractivity contribution in [1.82, 2.24) is 0 Å². The summed E-state index contributed by atoms with van der Waals surface area (Å²) in [7, 11) is 1.56. The van der Waals surface area contributed by atoms with Crippen LogP contribution in [0.15, 0.2) is 71.7 Å². The fourth-order valence-corrected chi connectivity index (χ4v) is 2.89. The molecule has 31 heavy (non-hydrogen) atoms. The van der Waals surface area contributed by atoms with E-state index in [0.717, 1.165) is 28.3 Å². The van der Waals surface area contributed by atoms with E-state index < -0.39 is 0 Å². The number of anilines is 1. The highest BCUT2D eigenvalue weighted by Gasteiger charge is 2.09. The van der Waals surface area contributed by atoms with Gasteiger partial charge in [0.25, 0.3) is 5.91 Å². The van der Waals surface area contributed by atoms with Gasteiger partial charge >= 0.3 is 0 Å². The minimum atomic E-state index is -0.242. The molecule has 0 aliphatic carbocycles. The molecule has 0 aromatic heterocycles. The Morgan fingerprint density at radius 3 is 2.52 bits per heavy atom. The molecule has 160 valence electrons. The Morgan fingerprint density at radius 2 is 1.81 bits per heavy atom. The molecule has 1 N–H and O–H groups in total. The van der Waals surface area contributed by atoms with Gasteiger partial charge in [0.1, 0.15) is 5.75 Å².